The second-order valence-electron chi connectivity index (χ2n) is 6.90. The number of ether oxygens (including phenoxy) is 2. The smallest absolute Gasteiger partial charge is 0.311 e. The van der Waals surface area contributed by atoms with Gasteiger partial charge in [-0.15, -0.1) is 0 Å². The van der Waals surface area contributed by atoms with Gasteiger partial charge in [0.2, 0.25) is 0 Å². The molecule has 1 aliphatic rings. The third-order valence-electron chi connectivity index (χ3n) is 4.80. The Morgan fingerprint density at radius 1 is 1.35 bits per heavy atom. The Bertz CT molecular complexity index is 1110. The Labute approximate surface area is 181 Å². The summed E-state index contributed by atoms with van der Waals surface area (Å²) in [6.07, 6.45) is 1.94. The SMILES string of the molecule is O=[N+]([O-])c1cc2c(Nc3ccc(F)c(Cl)c3)ncnc2cc1OCCC1CNCCO1. The van der Waals surface area contributed by atoms with Crippen molar-refractivity contribution in [1.82, 2.24) is 15.3 Å². The summed E-state index contributed by atoms with van der Waals surface area (Å²) in [5.41, 5.74) is 0.738. The number of aromatic nitrogens is 2. The van der Waals surface area contributed by atoms with Crippen LogP contribution in [0.1, 0.15) is 6.42 Å². The standard InChI is InChI=1S/C20H19ClFN5O4/c21-15-7-12(1-2-16(15)22)26-20-14-8-18(27(28)29)19(9-17(14)24-11-25-20)31-5-3-13-10-23-4-6-30-13/h1-2,7-9,11,13,23H,3-6,10H2,(H,24,25,26). The summed E-state index contributed by atoms with van der Waals surface area (Å²) in [7, 11) is 0. The molecule has 2 heterocycles. The first-order chi connectivity index (χ1) is 15.0. The van der Waals surface area contributed by atoms with Gasteiger partial charge in [0.05, 0.1) is 40.2 Å². The van der Waals surface area contributed by atoms with Gasteiger partial charge in [-0.3, -0.25) is 10.1 Å². The van der Waals surface area contributed by atoms with Crippen molar-refractivity contribution in [3.8, 4) is 5.75 Å². The Hall–Kier alpha value is -3.08. The molecule has 1 aromatic heterocycles. The van der Waals surface area contributed by atoms with Crippen molar-refractivity contribution in [1.29, 1.82) is 0 Å². The predicted molar refractivity (Wildman–Crippen MR) is 114 cm³/mol. The van der Waals surface area contributed by atoms with Gasteiger partial charge in [0.15, 0.2) is 5.75 Å². The molecule has 0 radical (unpaired) electrons. The van der Waals surface area contributed by atoms with Gasteiger partial charge in [0.1, 0.15) is 18.0 Å². The van der Waals surface area contributed by atoms with Gasteiger partial charge in [0, 0.05) is 37.3 Å². The van der Waals surface area contributed by atoms with Gasteiger partial charge in [-0.05, 0) is 18.2 Å². The van der Waals surface area contributed by atoms with Crippen molar-refractivity contribution in [3.63, 3.8) is 0 Å². The normalized spacial score (nSPS) is 16.3. The van der Waals surface area contributed by atoms with Gasteiger partial charge in [0.25, 0.3) is 0 Å². The number of halogens is 2. The number of benzene rings is 2. The van der Waals surface area contributed by atoms with E-state index in [0.717, 1.165) is 13.1 Å². The molecule has 2 N–H and O–H groups in total. The molecule has 0 spiro atoms. The minimum Gasteiger partial charge on any atom is -0.487 e. The second kappa shape index (κ2) is 9.38. The molecule has 1 aliphatic heterocycles. The molecule has 162 valence electrons. The molecule has 1 unspecified atom stereocenters. The summed E-state index contributed by atoms with van der Waals surface area (Å²) in [6.45, 7) is 2.43. The number of hydrogen-bond acceptors (Lipinski definition) is 8. The van der Waals surface area contributed by atoms with E-state index in [4.69, 9.17) is 21.1 Å². The fourth-order valence-corrected chi connectivity index (χ4v) is 3.43. The quantitative estimate of drug-likeness (QED) is 0.415. The van der Waals surface area contributed by atoms with Crippen LogP contribution in [0.2, 0.25) is 5.02 Å². The molecule has 1 fully saturated rings. The topological polar surface area (TPSA) is 111 Å². The summed E-state index contributed by atoms with van der Waals surface area (Å²) < 4.78 is 24.7. The molecular weight excluding hydrogens is 429 g/mol. The van der Waals surface area contributed by atoms with E-state index in [0.29, 0.717) is 35.4 Å². The van der Waals surface area contributed by atoms with Crippen molar-refractivity contribution >= 4 is 39.7 Å². The Balaban J connectivity index is 1.59. The highest BCUT2D eigenvalue weighted by atomic mass is 35.5. The van der Waals surface area contributed by atoms with Gasteiger partial charge in [-0.1, -0.05) is 11.6 Å². The summed E-state index contributed by atoms with van der Waals surface area (Å²) in [6, 6.07) is 6.98. The summed E-state index contributed by atoms with van der Waals surface area (Å²) in [4.78, 5) is 19.5. The number of nitro benzene ring substituents is 1. The van der Waals surface area contributed by atoms with Crippen LogP contribution >= 0.6 is 11.6 Å². The number of nitro groups is 1. The minimum absolute atomic E-state index is 0.00826. The highest BCUT2D eigenvalue weighted by molar-refractivity contribution is 6.31. The van der Waals surface area contributed by atoms with Crippen molar-refractivity contribution in [2.24, 2.45) is 0 Å². The van der Waals surface area contributed by atoms with Crippen LogP contribution in [0.5, 0.6) is 5.75 Å². The third kappa shape index (κ3) is 4.98. The zero-order valence-electron chi connectivity index (χ0n) is 16.3. The second-order valence-corrected chi connectivity index (χ2v) is 7.31. The molecule has 0 amide bonds. The Morgan fingerprint density at radius 2 is 2.23 bits per heavy atom. The maximum Gasteiger partial charge on any atom is 0.311 e. The van der Waals surface area contributed by atoms with Crippen molar-refractivity contribution in [3.05, 3.63) is 57.6 Å². The number of morpholine rings is 1. The first-order valence-electron chi connectivity index (χ1n) is 9.61. The number of fused-ring (bicyclic) bond motifs is 1. The van der Waals surface area contributed by atoms with Crippen molar-refractivity contribution < 1.29 is 18.8 Å². The van der Waals surface area contributed by atoms with E-state index < -0.39 is 10.7 Å². The number of nitrogens with zero attached hydrogens (tertiary/aromatic N) is 3. The van der Waals surface area contributed by atoms with Crippen LogP contribution in [0.4, 0.5) is 21.6 Å². The van der Waals surface area contributed by atoms with Crippen LogP contribution in [0.25, 0.3) is 10.9 Å². The molecular formula is C20H19ClFN5O4. The van der Waals surface area contributed by atoms with E-state index in [1.807, 2.05) is 0 Å². The monoisotopic (exact) mass is 447 g/mol. The molecule has 0 aliphatic carbocycles. The zero-order valence-corrected chi connectivity index (χ0v) is 17.1. The molecule has 3 aromatic rings. The van der Waals surface area contributed by atoms with Gasteiger partial charge in [-0.2, -0.15) is 0 Å². The summed E-state index contributed by atoms with van der Waals surface area (Å²) in [5.74, 6) is -0.105. The van der Waals surface area contributed by atoms with Crippen LogP contribution < -0.4 is 15.4 Å². The molecule has 1 saturated heterocycles. The molecule has 0 saturated carbocycles. The lowest BCUT2D eigenvalue weighted by Gasteiger charge is -2.23. The minimum atomic E-state index is -0.549. The van der Waals surface area contributed by atoms with Crippen molar-refractivity contribution in [2.45, 2.75) is 12.5 Å². The number of rotatable bonds is 7. The molecule has 11 heteroatoms. The van der Waals surface area contributed by atoms with E-state index in [1.165, 1.54) is 36.7 Å². The molecule has 0 bridgehead atoms. The maximum absolute atomic E-state index is 13.4. The Morgan fingerprint density at radius 3 is 2.97 bits per heavy atom. The summed E-state index contributed by atoms with van der Waals surface area (Å²) >= 11 is 5.82. The Kier molecular flexibility index (Phi) is 6.40. The van der Waals surface area contributed by atoms with Gasteiger partial charge in [-0.25, -0.2) is 14.4 Å². The van der Waals surface area contributed by atoms with E-state index in [2.05, 4.69) is 20.6 Å². The lowest BCUT2D eigenvalue weighted by molar-refractivity contribution is -0.385. The predicted octanol–water partition coefficient (Wildman–Crippen LogP) is 3.83. The average molecular weight is 448 g/mol. The third-order valence-corrected chi connectivity index (χ3v) is 5.09. The van der Waals surface area contributed by atoms with Crippen LogP contribution in [0, 0.1) is 15.9 Å². The van der Waals surface area contributed by atoms with E-state index in [1.54, 1.807) is 0 Å². The van der Waals surface area contributed by atoms with Gasteiger partial charge >= 0.3 is 5.69 Å². The van der Waals surface area contributed by atoms with Gasteiger partial charge < -0.3 is 20.1 Å². The maximum atomic E-state index is 13.4. The van der Waals surface area contributed by atoms with Crippen LogP contribution in [-0.2, 0) is 4.74 Å². The largest absolute Gasteiger partial charge is 0.487 e. The number of anilines is 2. The highest BCUT2D eigenvalue weighted by Crippen LogP contribution is 2.35. The zero-order chi connectivity index (χ0) is 21.8. The first-order valence-corrected chi connectivity index (χ1v) is 9.99. The fraction of sp³-hybridized carbons (Fsp3) is 0.300. The van der Waals surface area contributed by atoms with Crippen LogP contribution in [0.3, 0.4) is 0 Å². The van der Waals surface area contributed by atoms with Crippen LogP contribution in [0.15, 0.2) is 36.7 Å². The number of hydrogen-bond donors (Lipinski definition) is 2. The molecule has 4 rings (SSSR count). The molecule has 31 heavy (non-hydrogen) atoms. The van der Waals surface area contributed by atoms with Crippen LogP contribution in [-0.4, -0.2) is 47.3 Å². The number of nitrogens with one attached hydrogen (secondary N) is 2. The first kappa shape index (κ1) is 21.2. The van der Waals surface area contributed by atoms with Crippen molar-refractivity contribution in [2.75, 3.05) is 31.6 Å². The molecule has 1 atom stereocenters. The lowest BCUT2D eigenvalue weighted by atomic mass is 10.2. The lowest BCUT2D eigenvalue weighted by Crippen LogP contribution is -2.39. The average Bonchev–Trinajstić information content (AvgIpc) is 2.76. The molecule has 2 aromatic carbocycles. The highest BCUT2D eigenvalue weighted by Gasteiger charge is 2.20. The fourth-order valence-electron chi connectivity index (χ4n) is 3.25. The van der Waals surface area contributed by atoms with E-state index in [-0.39, 0.29) is 29.2 Å². The summed E-state index contributed by atoms with van der Waals surface area (Å²) in [5, 5.41) is 18.2. The molecule has 9 nitrogen and oxygen atoms in total. The van der Waals surface area contributed by atoms with E-state index in [9.17, 15) is 14.5 Å². The van der Waals surface area contributed by atoms with E-state index >= 15 is 0 Å².